The van der Waals surface area contributed by atoms with Crippen LogP contribution in [0.2, 0.25) is 0 Å². The molecule has 140 valence electrons. The lowest BCUT2D eigenvalue weighted by Crippen LogP contribution is -2.36. The second-order valence-corrected chi connectivity index (χ2v) is 5.97. The van der Waals surface area contributed by atoms with Crippen LogP contribution in [0, 0.1) is 15.9 Å². The van der Waals surface area contributed by atoms with Crippen LogP contribution in [-0.2, 0) is 4.74 Å². The molecule has 0 aliphatic carbocycles. The molecule has 0 amide bonds. The number of carbonyl (C=O) groups excluding carboxylic acids is 1. The number of ketones is 1. The van der Waals surface area contributed by atoms with Crippen LogP contribution < -0.4 is 4.90 Å². The summed E-state index contributed by atoms with van der Waals surface area (Å²) >= 11 is 0. The van der Waals surface area contributed by atoms with Crippen LogP contribution in [0.4, 0.5) is 15.8 Å². The topological polar surface area (TPSA) is 92.9 Å². The summed E-state index contributed by atoms with van der Waals surface area (Å²) in [7, 11) is 0. The van der Waals surface area contributed by atoms with Gasteiger partial charge >= 0.3 is 5.69 Å². The Bertz CT molecular complexity index is 907. The molecule has 1 aliphatic heterocycles. The number of phenolic OH excluding ortho intramolecular Hbond substituents is 1. The van der Waals surface area contributed by atoms with Crippen molar-refractivity contribution in [2.75, 3.05) is 31.2 Å². The van der Waals surface area contributed by atoms with Gasteiger partial charge in [-0.3, -0.25) is 14.9 Å². The highest BCUT2D eigenvalue weighted by atomic mass is 19.1. The summed E-state index contributed by atoms with van der Waals surface area (Å²) in [4.78, 5) is 24.2. The molecule has 2 aromatic rings. The molecule has 3 rings (SSSR count). The fraction of sp³-hybridized carbons (Fsp3) is 0.211. The number of ether oxygens (including phenoxy) is 1. The molecule has 27 heavy (non-hydrogen) atoms. The molecular formula is C19H17FN2O5. The molecule has 1 saturated heterocycles. The fourth-order valence-corrected chi connectivity index (χ4v) is 2.78. The number of benzene rings is 2. The van der Waals surface area contributed by atoms with Crippen LogP contribution in [0.25, 0.3) is 6.08 Å². The predicted octanol–water partition coefficient (Wildman–Crippen LogP) is 3.17. The third-order valence-electron chi connectivity index (χ3n) is 4.21. The summed E-state index contributed by atoms with van der Waals surface area (Å²) in [6.07, 6.45) is 2.65. The Labute approximate surface area is 154 Å². The SMILES string of the molecule is O=C(C=Cc1ccc(N2CCOCC2)c(F)c1)c1ccc(O)c([N+](=O)[O-])c1. The van der Waals surface area contributed by atoms with Crippen molar-refractivity contribution in [2.45, 2.75) is 0 Å². The van der Waals surface area contributed by atoms with Gasteiger partial charge in [-0.25, -0.2) is 4.39 Å². The minimum Gasteiger partial charge on any atom is -0.502 e. The number of phenols is 1. The smallest absolute Gasteiger partial charge is 0.311 e. The number of nitrogens with zero attached hydrogens (tertiary/aromatic N) is 2. The standard InChI is InChI=1S/C19H17FN2O5/c20-15-11-13(1-4-16(15)21-7-9-27-10-8-21)2-5-18(23)14-3-6-19(24)17(12-14)22(25)26/h1-6,11-12,24H,7-10H2. The minimum atomic E-state index is -0.768. The molecule has 1 heterocycles. The Kier molecular flexibility index (Phi) is 5.46. The first-order chi connectivity index (χ1) is 13.0. The molecule has 1 fully saturated rings. The summed E-state index contributed by atoms with van der Waals surface area (Å²) in [5.74, 6) is -1.40. The van der Waals surface area contributed by atoms with Gasteiger partial charge in [0, 0.05) is 24.7 Å². The lowest BCUT2D eigenvalue weighted by Gasteiger charge is -2.29. The van der Waals surface area contributed by atoms with E-state index in [0.717, 1.165) is 12.1 Å². The molecule has 2 aromatic carbocycles. The van der Waals surface area contributed by atoms with E-state index in [1.165, 1.54) is 24.3 Å². The third kappa shape index (κ3) is 4.29. The normalized spacial score (nSPS) is 14.5. The van der Waals surface area contributed by atoms with Gasteiger partial charge in [0.1, 0.15) is 5.82 Å². The zero-order valence-corrected chi connectivity index (χ0v) is 14.3. The third-order valence-corrected chi connectivity index (χ3v) is 4.21. The van der Waals surface area contributed by atoms with Gasteiger partial charge in [-0.2, -0.15) is 0 Å². The van der Waals surface area contributed by atoms with Crippen molar-refractivity contribution >= 4 is 23.2 Å². The zero-order chi connectivity index (χ0) is 19.4. The van der Waals surface area contributed by atoms with Gasteiger partial charge < -0.3 is 14.7 Å². The van der Waals surface area contributed by atoms with E-state index in [1.807, 2.05) is 4.90 Å². The number of rotatable bonds is 5. The molecule has 0 atom stereocenters. The average Bonchev–Trinajstić information content (AvgIpc) is 2.67. The van der Waals surface area contributed by atoms with Gasteiger partial charge in [0.05, 0.1) is 23.8 Å². The van der Waals surface area contributed by atoms with Crippen LogP contribution in [0.1, 0.15) is 15.9 Å². The van der Waals surface area contributed by atoms with Crippen molar-refractivity contribution in [3.8, 4) is 5.75 Å². The van der Waals surface area contributed by atoms with Gasteiger partial charge in [0.2, 0.25) is 0 Å². The molecule has 8 heteroatoms. The summed E-state index contributed by atoms with van der Waals surface area (Å²) in [5.41, 5.74) is 0.485. The first-order valence-corrected chi connectivity index (χ1v) is 8.28. The first kappa shape index (κ1) is 18.5. The maximum absolute atomic E-state index is 14.4. The van der Waals surface area contributed by atoms with Crippen LogP contribution in [0.3, 0.4) is 0 Å². The van der Waals surface area contributed by atoms with E-state index in [1.54, 1.807) is 12.1 Å². The molecule has 0 aromatic heterocycles. The number of halogens is 1. The van der Waals surface area contributed by atoms with E-state index >= 15 is 0 Å². The molecule has 0 bridgehead atoms. The molecule has 0 saturated carbocycles. The summed E-state index contributed by atoms with van der Waals surface area (Å²) in [6, 6.07) is 8.05. The largest absolute Gasteiger partial charge is 0.502 e. The highest BCUT2D eigenvalue weighted by molar-refractivity contribution is 6.07. The number of nitro benzene ring substituents is 1. The van der Waals surface area contributed by atoms with Crippen molar-refractivity contribution < 1.29 is 24.0 Å². The molecule has 1 aliphatic rings. The van der Waals surface area contributed by atoms with Crippen LogP contribution in [0.15, 0.2) is 42.5 Å². The number of hydrogen-bond donors (Lipinski definition) is 1. The maximum Gasteiger partial charge on any atom is 0.311 e. The van der Waals surface area contributed by atoms with Gasteiger partial charge in [-0.1, -0.05) is 12.1 Å². The number of carbonyl (C=O) groups is 1. The van der Waals surface area contributed by atoms with E-state index in [4.69, 9.17) is 4.74 Å². The molecule has 0 radical (unpaired) electrons. The second-order valence-electron chi connectivity index (χ2n) is 5.97. The number of morpholine rings is 1. The van der Waals surface area contributed by atoms with Gasteiger partial charge in [0.15, 0.2) is 11.5 Å². The average molecular weight is 372 g/mol. The molecule has 0 spiro atoms. The lowest BCUT2D eigenvalue weighted by atomic mass is 10.1. The van der Waals surface area contributed by atoms with Crippen molar-refractivity contribution in [2.24, 2.45) is 0 Å². The number of hydrogen-bond acceptors (Lipinski definition) is 6. The van der Waals surface area contributed by atoms with Crippen molar-refractivity contribution in [3.63, 3.8) is 0 Å². The van der Waals surface area contributed by atoms with E-state index in [9.17, 15) is 24.4 Å². The Morgan fingerprint density at radius 3 is 2.63 bits per heavy atom. The second kappa shape index (κ2) is 7.96. The Morgan fingerprint density at radius 1 is 1.22 bits per heavy atom. The number of anilines is 1. The predicted molar refractivity (Wildman–Crippen MR) is 97.6 cm³/mol. The summed E-state index contributed by atoms with van der Waals surface area (Å²) < 4.78 is 19.6. The van der Waals surface area contributed by atoms with Gasteiger partial charge in [-0.15, -0.1) is 0 Å². The number of nitro groups is 1. The van der Waals surface area contributed by atoms with Crippen molar-refractivity contribution in [1.29, 1.82) is 0 Å². The zero-order valence-electron chi connectivity index (χ0n) is 14.3. The molecular weight excluding hydrogens is 355 g/mol. The highest BCUT2D eigenvalue weighted by Crippen LogP contribution is 2.27. The molecule has 1 N–H and O–H groups in total. The maximum atomic E-state index is 14.4. The molecule has 7 nitrogen and oxygen atoms in total. The van der Waals surface area contributed by atoms with Gasteiger partial charge in [0.25, 0.3) is 0 Å². The van der Waals surface area contributed by atoms with Crippen molar-refractivity contribution in [1.82, 2.24) is 0 Å². The number of aromatic hydroxyl groups is 1. The summed E-state index contributed by atoms with van der Waals surface area (Å²) in [6.45, 7) is 2.33. The van der Waals surface area contributed by atoms with E-state index in [0.29, 0.717) is 37.6 Å². The van der Waals surface area contributed by atoms with Gasteiger partial charge in [-0.05, 0) is 35.9 Å². The van der Waals surface area contributed by atoms with E-state index in [2.05, 4.69) is 0 Å². The van der Waals surface area contributed by atoms with Crippen LogP contribution >= 0.6 is 0 Å². The molecule has 0 unspecified atom stereocenters. The Balaban J connectivity index is 1.75. The van der Waals surface area contributed by atoms with Crippen LogP contribution in [0.5, 0.6) is 5.75 Å². The van der Waals surface area contributed by atoms with E-state index in [-0.39, 0.29) is 5.56 Å². The van der Waals surface area contributed by atoms with Crippen molar-refractivity contribution in [3.05, 3.63) is 69.5 Å². The highest BCUT2D eigenvalue weighted by Gasteiger charge is 2.17. The van der Waals surface area contributed by atoms with E-state index < -0.39 is 28.0 Å². The van der Waals surface area contributed by atoms with Crippen LogP contribution in [-0.4, -0.2) is 42.1 Å². The summed E-state index contributed by atoms with van der Waals surface area (Å²) in [5, 5.41) is 20.3. The monoisotopic (exact) mass is 372 g/mol. The Morgan fingerprint density at radius 2 is 1.96 bits per heavy atom. The quantitative estimate of drug-likeness (QED) is 0.375. The number of allylic oxidation sites excluding steroid dienone is 1. The minimum absolute atomic E-state index is 0.0566. The fourth-order valence-electron chi connectivity index (χ4n) is 2.78. The Hall–Kier alpha value is -3.26. The first-order valence-electron chi connectivity index (χ1n) is 8.28. The lowest BCUT2D eigenvalue weighted by molar-refractivity contribution is -0.385.